The van der Waals surface area contributed by atoms with Crippen LogP contribution in [0.15, 0.2) is 10.2 Å². The molecule has 0 aromatic rings. The summed E-state index contributed by atoms with van der Waals surface area (Å²) in [5, 5.41) is 6.33. The van der Waals surface area contributed by atoms with E-state index in [0.717, 1.165) is 44.9 Å². The van der Waals surface area contributed by atoms with Crippen LogP contribution in [0.2, 0.25) is 0 Å². The van der Waals surface area contributed by atoms with E-state index in [9.17, 15) is 9.59 Å². The largest absolute Gasteiger partial charge is 0.452 e. The number of hydrogen-bond donors (Lipinski definition) is 0. The maximum atomic E-state index is 11.2. The molecule has 0 bridgehead atoms. The highest BCUT2D eigenvalue weighted by Gasteiger charge is 2.19. The maximum absolute atomic E-state index is 11.2. The third-order valence-electron chi connectivity index (χ3n) is 2.76. The molecule has 6 nitrogen and oxygen atoms in total. The Kier molecular flexibility index (Phi) is 6.98. The van der Waals surface area contributed by atoms with Gasteiger partial charge in [-0.2, -0.15) is 0 Å². The van der Waals surface area contributed by atoms with Crippen molar-refractivity contribution in [1.29, 1.82) is 0 Å². The first kappa shape index (κ1) is 14.6. The Morgan fingerprint density at radius 3 is 2.44 bits per heavy atom. The first-order chi connectivity index (χ1) is 8.72. The molecule has 0 heterocycles. The molecule has 1 saturated carbocycles. The van der Waals surface area contributed by atoms with E-state index in [0.29, 0.717) is 6.61 Å². The zero-order valence-corrected chi connectivity index (χ0v) is 10.8. The molecule has 0 aromatic heterocycles. The first-order valence-electron chi connectivity index (χ1n) is 6.51. The molecule has 0 atom stereocenters. The van der Waals surface area contributed by atoms with Crippen molar-refractivity contribution in [1.82, 2.24) is 0 Å². The molecule has 1 fully saturated rings. The number of amides is 2. The van der Waals surface area contributed by atoms with Crippen LogP contribution in [-0.4, -0.2) is 24.9 Å². The van der Waals surface area contributed by atoms with E-state index in [1.54, 1.807) is 0 Å². The summed E-state index contributed by atoms with van der Waals surface area (Å²) in [4.78, 5) is 22.2. The summed E-state index contributed by atoms with van der Waals surface area (Å²) in [6.07, 6.45) is 4.97. The van der Waals surface area contributed by atoms with Crippen LogP contribution in [0.5, 0.6) is 0 Å². The Balaban J connectivity index is 2.13. The van der Waals surface area contributed by atoms with Gasteiger partial charge >= 0.3 is 12.2 Å². The Hall–Kier alpha value is -1.46. The normalized spacial score (nSPS) is 16.1. The molecular formula is C12H20N2O4. The number of rotatable bonds is 5. The van der Waals surface area contributed by atoms with Gasteiger partial charge in [-0.3, -0.25) is 0 Å². The van der Waals surface area contributed by atoms with E-state index in [1.807, 2.05) is 0 Å². The smallest absolute Gasteiger partial charge is 0.447 e. The molecule has 1 rings (SSSR count). The van der Waals surface area contributed by atoms with Crippen LogP contribution in [-0.2, 0) is 9.47 Å². The Morgan fingerprint density at radius 1 is 1.11 bits per heavy atom. The van der Waals surface area contributed by atoms with E-state index in [4.69, 9.17) is 9.47 Å². The Morgan fingerprint density at radius 2 is 1.78 bits per heavy atom. The molecule has 0 aliphatic heterocycles. The molecule has 0 radical (unpaired) electrons. The summed E-state index contributed by atoms with van der Waals surface area (Å²) in [5.41, 5.74) is 0. The quantitative estimate of drug-likeness (QED) is 0.553. The minimum Gasteiger partial charge on any atom is -0.447 e. The fraction of sp³-hybridized carbons (Fsp3) is 0.833. The second kappa shape index (κ2) is 8.60. The van der Waals surface area contributed by atoms with E-state index >= 15 is 0 Å². The molecular weight excluding hydrogens is 236 g/mol. The second-order valence-electron chi connectivity index (χ2n) is 4.31. The lowest BCUT2D eigenvalue weighted by Crippen LogP contribution is -2.11. The molecule has 0 N–H and O–H groups in total. The summed E-state index contributed by atoms with van der Waals surface area (Å²) >= 11 is 0. The van der Waals surface area contributed by atoms with Gasteiger partial charge in [0.05, 0.1) is 6.61 Å². The summed E-state index contributed by atoms with van der Waals surface area (Å²) in [6, 6.07) is 0. The first-order valence-corrected chi connectivity index (χ1v) is 6.51. The lowest BCUT2D eigenvalue weighted by Gasteiger charge is -2.06. The van der Waals surface area contributed by atoms with Crippen molar-refractivity contribution in [2.75, 3.05) is 6.61 Å². The fourth-order valence-electron chi connectivity index (χ4n) is 1.79. The molecule has 0 aromatic carbocycles. The molecule has 2 amide bonds. The number of carbonyl (C=O) groups excluding carboxylic acids is 2. The minimum absolute atomic E-state index is 0.0722. The van der Waals surface area contributed by atoms with Crippen LogP contribution < -0.4 is 0 Å². The molecule has 1 aliphatic rings. The van der Waals surface area contributed by atoms with Crippen LogP contribution >= 0.6 is 0 Å². The van der Waals surface area contributed by atoms with Crippen LogP contribution in [0.1, 0.15) is 51.9 Å². The van der Waals surface area contributed by atoms with Crippen molar-refractivity contribution in [2.24, 2.45) is 10.2 Å². The number of nitrogens with zero attached hydrogens (tertiary/aromatic N) is 2. The lowest BCUT2D eigenvalue weighted by molar-refractivity contribution is 0.107. The summed E-state index contributed by atoms with van der Waals surface area (Å²) in [6.45, 7) is 2.37. The van der Waals surface area contributed by atoms with Crippen molar-refractivity contribution in [3.8, 4) is 0 Å². The van der Waals surface area contributed by atoms with Crippen LogP contribution in [0, 0.1) is 0 Å². The standard InChI is InChI=1S/C12H20N2O4/c1-2-3-6-9-17-11(15)13-14-12(16)18-10-7-4-5-8-10/h10H,2-9H2,1H3. The lowest BCUT2D eigenvalue weighted by atomic mass is 10.3. The molecule has 102 valence electrons. The number of ether oxygens (including phenoxy) is 2. The van der Waals surface area contributed by atoms with Crippen LogP contribution in [0.25, 0.3) is 0 Å². The molecule has 0 saturated heterocycles. The van der Waals surface area contributed by atoms with Gasteiger partial charge in [0.15, 0.2) is 0 Å². The zero-order chi connectivity index (χ0) is 13.2. The molecule has 0 spiro atoms. The Bertz CT molecular complexity index is 298. The van der Waals surface area contributed by atoms with Gasteiger partial charge in [-0.15, -0.1) is 0 Å². The fourth-order valence-corrected chi connectivity index (χ4v) is 1.79. The van der Waals surface area contributed by atoms with E-state index in [-0.39, 0.29) is 6.10 Å². The molecule has 6 heteroatoms. The van der Waals surface area contributed by atoms with Crippen molar-refractivity contribution >= 4 is 12.2 Å². The average Bonchev–Trinajstić information content (AvgIpc) is 2.85. The van der Waals surface area contributed by atoms with Crippen molar-refractivity contribution in [2.45, 2.75) is 58.0 Å². The van der Waals surface area contributed by atoms with Gasteiger partial charge in [0.2, 0.25) is 0 Å². The number of azo groups is 1. The number of unbranched alkanes of at least 4 members (excludes halogenated alkanes) is 2. The zero-order valence-electron chi connectivity index (χ0n) is 10.8. The average molecular weight is 256 g/mol. The van der Waals surface area contributed by atoms with Crippen molar-refractivity contribution in [3.63, 3.8) is 0 Å². The number of hydrogen-bond acceptors (Lipinski definition) is 4. The highest BCUT2D eigenvalue weighted by atomic mass is 16.6. The highest BCUT2D eigenvalue weighted by molar-refractivity contribution is 5.73. The number of carbonyl (C=O) groups is 2. The van der Waals surface area contributed by atoms with Crippen LogP contribution in [0.4, 0.5) is 9.59 Å². The molecule has 0 unspecified atom stereocenters. The van der Waals surface area contributed by atoms with Gasteiger partial charge in [-0.1, -0.05) is 30.0 Å². The van der Waals surface area contributed by atoms with E-state index < -0.39 is 12.2 Å². The van der Waals surface area contributed by atoms with Gasteiger partial charge in [0.1, 0.15) is 6.10 Å². The van der Waals surface area contributed by atoms with Gasteiger partial charge in [0, 0.05) is 0 Å². The van der Waals surface area contributed by atoms with Gasteiger partial charge in [0.25, 0.3) is 0 Å². The highest BCUT2D eigenvalue weighted by Crippen LogP contribution is 2.21. The monoisotopic (exact) mass is 256 g/mol. The third-order valence-corrected chi connectivity index (χ3v) is 2.76. The summed E-state index contributed by atoms with van der Waals surface area (Å²) in [7, 11) is 0. The predicted molar refractivity (Wildman–Crippen MR) is 64.5 cm³/mol. The summed E-state index contributed by atoms with van der Waals surface area (Å²) in [5.74, 6) is 0. The summed E-state index contributed by atoms with van der Waals surface area (Å²) < 4.78 is 9.75. The van der Waals surface area contributed by atoms with Crippen LogP contribution in [0.3, 0.4) is 0 Å². The van der Waals surface area contributed by atoms with Gasteiger partial charge < -0.3 is 9.47 Å². The van der Waals surface area contributed by atoms with Gasteiger partial charge in [-0.25, -0.2) is 9.59 Å². The molecule has 1 aliphatic carbocycles. The third kappa shape index (κ3) is 6.32. The van der Waals surface area contributed by atoms with Crippen molar-refractivity contribution in [3.05, 3.63) is 0 Å². The topological polar surface area (TPSA) is 77.3 Å². The van der Waals surface area contributed by atoms with E-state index in [1.165, 1.54) is 0 Å². The van der Waals surface area contributed by atoms with Crippen molar-refractivity contribution < 1.29 is 19.1 Å². The minimum atomic E-state index is -0.838. The Labute approximate surface area is 107 Å². The SMILES string of the molecule is CCCCCOC(=O)N=NC(=O)OC1CCCC1. The predicted octanol–water partition coefficient (Wildman–Crippen LogP) is 3.84. The van der Waals surface area contributed by atoms with E-state index in [2.05, 4.69) is 17.2 Å². The second-order valence-corrected chi connectivity index (χ2v) is 4.31. The molecule has 18 heavy (non-hydrogen) atoms. The van der Waals surface area contributed by atoms with Gasteiger partial charge in [-0.05, 0) is 32.1 Å². The maximum Gasteiger partial charge on any atom is 0.452 e.